The van der Waals surface area contributed by atoms with E-state index in [1.54, 1.807) is 0 Å². The van der Waals surface area contributed by atoms with Crippen LogP contribution in [-0.2, 0) is 4.79 Å². The molecule has 0 spiro atoms. The summed E-state index contributed by atoms with van der Waals surface area (Å²) in [5.41, 5.74) is 0. The van der Waals surface area contributed by atoms with Gasteiger partial charge in [0.1, 0.15) is 0 Å². The van der Waals surface area contributed by atoms with Crippen molar-refractivity contribution in [2.24, 2.45) is 5.92 Å². The third kappa shape index (κ3) is 3.48. The molecule has 0 bridgehead atoms. The van der Waals surface area contributed by atoms with Crippen LogP contribution in [0.15, 0.2) is 0 Å². The van der Waals surface area contributed by atoms with Gasteiger partial charge in [-0.25, -0.2) is 0 Å². The number of carboxylic acid groups (broad SMARTS) is 1. The molecule has 0 aromatic heterocycles. The Hall–Kier alpha value is -0.570. The monoisotopic (exact) mass is 227 g/mol. The Balaban J connectivity index is 2.58. The van der Waals surface area contributed by atoms with Gasteiger partial charge in [0.25, 0.3) is 0 Å². The number of rotatable bonds is 6. The Morgan fingerprint density at radius 3 is 2.56 bits per heavy atom. The molecule has 0 aromatic carbocycles. The van der Waals surface area contributed by atoms with Gasteiger partial charge in [-0.15, -0.1) is 0 Å². The number of nitrogens with zero attached hydrogens (tertiary/aromatic N) is 1. The van der Waals surface area contributed by atoms with E-state index in [0.29, 0.717) is 12.1 Å². The summed E-state index contributed by atoms with van der Waals surface area (Å²) in [6.07, 6.45) is 5.90. The van der Waals surface area contributed by atoms with E-state index in [9.17, 15) is 4.79 Å². The van der Waals surface area contributed by atoms with Crippen LogP contribution in [0.5, 0.6) is 0 Å². The smallest absolute Gasteiger partial charge is 0.317 e. The molecular formula is C13H25NO2. The van der Waals surface area contributed by atoms with Crippen LogP contribution in [0.2, 0.25) is 0 Å². The summed E-state index contributed by atoms with van der Waals surface area (Å²) in [6.45, 7) is 6.71. The number of aliphatic carboxylic acids is 1. The van der Waals surface area contributed by atoms with E-state index in [0.717, 1.165) is 12.3 Å². The van der Waals surface area contributed by atoms with Crippen LogP contribution in [0, 0.1) is 5.92 Å². The highest BCUT2D eigenvalue weighted by Crippen LogP contribution is 2.32. The van der Waals surface area contributed by atoms with E-state index in [4.69, 9.17) is 5.11 Å². The van der Waals surface area contributed by atoms with Crippen molar-refractivity contribution >= 4 is 5.97 Å². The normalized spacial score (nSPS) is 27.2. The molecule has 1 aliphatic rings. The average Bonchev–Trinajstić information content (AvgIpc) is 2.72. The fourth-order valence-corrected chi connectivity index (χ4v) is 2.76. The maximum absolute atomic E-state index is 10.9. The average molecular weight is 227 g/mol. The van der Waals surface area contributed by atoms with E-state index >= 15 is 0 Å². The highest BCUT2D eigenvalue weighted by atomic mass is 16.4. The van der Waals surface area contributed by atoms with Gasteiger partial charge in [-0.05, 0) is 38.5 Å². The second kappa shape index (κ2) is 6.24. The number of carbonyl (C=O) groups is 1. The topological polar surface area (TPSA) is 40.5 Å². The highest BCUT2D eigenvalue weighted by Gasteiger charge is 2.31. The fraction of sp³-hybridized carbons (Fsp3) is 0.923. The third-order valence-corrected chi connectivity index (χ3v) is 4.03. The molecule has 3 nitrogen and oxygen atoms in total. The fourth-order valence-electron chi connectivity index (χ4n) is 2.76. The predicted octanol–water partition coefficient (Wildman–Crippen LogP) is 2.75. The maximum Gasteiger partial charge on any atom is 0.317 e. The Bertz CT molecular complexity index is 230. The Morgan fingerprint density at radius 1 is 1.44 bits per heavy atom. The van der Waals surface area contributed by atoms with Crippen LogP contribution >= 0.6 is 0 Å². The molecule has 0 aliphatic heterocycles. The molecule has 94 valence electrons. The summed E-state index contributed by atoms with van der Waals surface area (Å²) in [5, 5.41) is 8.97. The predicted molar refractivity (Wildman–Crippen MR) is 65.5 cm³/mol. The summed E-state index contributed by atoms with van der Waals surface area (Å²) in [6, 6.07) is 0.882. The van der Waals surface area contributed by atoms with Crippen molar-refractivity contribution in [3.63, 3.8) is 0 Å². The lowest BCUT2D eigenvalue weighted by atomic mass is 10.0. The van der Waals surface area contributed by atoms with Crippen LogP contribution in [0.3, 0.4) is 0 Å². The van der Waals surface area contributed by atoms with Gasteiger partial charge in [-0.3, -0.25) is 9.69 Å². The summed E-state index contributed by atoms with van der Waals surface area (Å²) in [5.74, 6) is 0.116. The van der Waals surface area contributed by atoms with Crippen molar-refractivity contribution in [2.45, 2.75) is 65.0 Å². The standard InChI is InChI=1S/C13H25NO2/c1-4-10(3)14(9-13(15)16)12-7-6-11(5-2)8-12/h10-12H,4-9H2,1-3H3,(H,15,16). The van der Waals surface area contributed by atoms with Crippen molar-refractivity contribution in [2.75, 3.05) is 6.54 Å². The molecule has 0 heterocycles. The molecule has 3 heteroatoms. The van der Waals surface area contributed by atoms with Gasteiger partial charge in [0, 0.05) is 12.1 Å². The lowest BCUT2D eigenvalue weighted by Crippen LogP contribution is -2.43. The first-order chi connectivity index (χ1) is 7.58. The zero-order valence-electron chi connectivity index (χ0n) is 10.8. The van der Waals surface area contributed by atoms with Crippen molar-refractivity contribution in [3.8, 4) is 0 Å². The van der Waals surface area contributed by atoms with Gasteiger partial charge >= 0.3 is 5.97 Å². The van der Waals surface area contributed by atoms with Gasteiger partial charge in [0.15, 0.2) is 0 Å². The summed E-state index contributed by atoms with van der Waals surface area (Å²) in [4.78, 5) is 13.1. The molecule has 1 aliphatic carbocycles. The Labute approximate surface area is 98.8 Å². The molecule has 1 rings (SSSR count). The first-order valence-electron chi connectivity index (χ1n) is 6.55. The first-order valence-corrected chi connectivity index (χ1v) is 6.55. The Morgan fingerprint density at radius 2 is 2.12 bits per heavy atom. The van der Waals surface area contributed by atoms with Crippen LogP contribution in [0.1, 0.15) is 52.9 Å². The molecule has 0 aromatic rings. The summed E-state index contributed by atoms with van der Waals surface area (Å²) < 4.78 is 0. The number of hydrogen-bond donors (Lipinski definition) is 1. The molecule has 3 unspecified atom stereocenters. The van der Waals surface area contributed by atoms with Crippen LogP contribution in [0.25, 0.3) is 0 Å². The molecule has 3 atom stereocenters. The quantitative estimate of drug-likeness (QED) is 0.758. The lowest BCUT2D eigenvalue weighted by Gasteiger charge is -2.32. The maximum atomic E-state index is 10.9. The Kier molecular flexibility index (Phi) is 5.26. The van der Waals surface area contributed by atoms with Crippen molar-refractivity contribution in [3.05, 3.63) is 0 Å². The number of carboxylic acids is 1. The van der Waals surface area contributed by atoms with E-state index in [1.807, 2.05) is 0 Å². The van der Waals surface area contributed by atoms with E-state index < -0.39 is 5.97 Å². The molecule has 1 fully saturated rings. The van der Waals surface area contributed by atoms with Gasteiger partial charge in [-0.2, -0.15) is 0 Å². The highest BCUT2D eigenvalue weighted by molar-refractivity contribution is 5.69. The second-order valence-electron chi connectivity index (χ2n) is 5.06. The summed E-state index contributed by atoms with van der Waals surface area (Å²) in [7, 11) is 0. The third-order valence-electron chi connectivity index (χ3n) is 4.03. The SMILES string of the molecule is CCC1CCC(N(CC(=O)O)C(C)CC)C1. The minimum absolute atomic E-state index is 0.204. The lowest BCUT2D eigenvalue weighted by molar-refractivity contribution is -0.139. The van der Waals surface area contributed by atoms with Gasteiger partial charge < -0.3 is 5.11 Å². The van der Waals surface area contributed by atoms with Crippen molar-refractivity contribution in [1.82, 2.24) is 4.90 Å². The number of hydrogen-bond acceptors (Lipinski definition) is 2. The minimum Gasteiger partial charge on any atom is -0.480 e. The van der Waals surface area contributed by atoms with Crippen molar-refractivity contribution in [1.29, 1.82) is 0 Å². The molecule has 1 N–H and O–H groups in total. The molecular weight excluding hydrogens is 202 g/mol. The first kappa shape index (κ1) is 13.5. The van der Waals surface area contributed by atoms with Crippen LogP contribution in [0.4, 0.5) is 0 Å². The zero-order valence-corrected chi connectivity index (χ0v) is 10.8. The van der Waals surface area contributed by atoms with Crippen LogP contribution < -0.4 is 0 Å². The molecule has 1 saturated carbocycles. The van der Waals surface area contributed by atoms with Gasteiger partial charge in [0.05, 0.1) is 6.54 Å². The molecule has 16 heavy (non-hydrogen) atoms. The molecule has 0 radical (unpaired) electrons. The van der Waals surface area contributed by atoms with Gasteiger partial charge in [-0.1, -0.05) is 20.3 Å². The van der Waals surface area contributed by atoms with E-state index in [2.05, 4.69) is 25.7 Å². The van der Waals surface area contributed by atoms with Crippen LogP contribution in [-0.4, -0.2) is 34.6 Å². The van der Waals surface area contributed by atoms with E-state index in [1.165, 1.54) is 25.7 Å². The molecule has 0 amide bonds. The van der Waals surface area contributed by atoms with Gasteiger partial charge in [0.2, 0.25) is 0 Å². The summed E-state index contributed by atoms with van der Waals surface area (Å²) >= 11 is 0. The second-order valence-corrected chi connectivity index (χ2v) is 5.06. The molecule has 0 saturated heterocycles. The minimum atomic E-state index is -0.694. The van der Waals surface area contributed by atoms with E-state index in [-0.39, 0.29) is 6.54 Å². The largest absolute Gasteiger partial charge is 0.480 e. The zero-order chi connectivity index (χ0) is 12.1. The van der Waals surface area contributed by atoms with Crippen molar-refractivity contribution < 1.29 is 9.90 Å².